The summed E-state index contributed by atoms with van der Waals surface area (Å²) < 4.78 is 49.3. The molecule has 0 radical (unpaired) electrons. The molecule has 0 amide bonds. The number of carbonyl (C=O) groups is 3. The van der Waals surface area contributed by atoms with Crippen molar-refractivity contribution in [3.63, 3.8) is 0 Å². The fourth-order valence-electron chi connectivity index (χ4n) is 6.23. The van der Waals surface area contributed by atoms with E-state index in [2.05, 4.69) is 0 Å². The van der Waals surface area contributed by atoms with E-state index in [-0.39, 0.29) is 34.5 Å². The number of phenolic OH excluding ortho intramolecular Hbond substituents is 3. The average molecular weight is 871 g/mol. The highest BCUT2D eigenvalue weighted by Crippen LogP contribution is 2.39. The molecule has 2 heterocycles. The third kappa shape index (κ3) is 11.4. The molecule has 3 aromatic carbocycles. The summed E-state index contributed by atoms with van der Waals surface area (Å²) in [5.41, 5.74) is 1.19. The first-order valence-electron chi connectivity index (χ1n) is 18.7. The van der Waals surface area contributed by atoms with Crippen molar-refractivity contribution in [2.24, 2.45) is 0 Å². The number of benzene rings is 3. The van der Waals surface area contributed by atoms with Gasteiger partial charge in [0.05, 0.1) is 27.9 Å². The zero-order valence-electron chi connectivity index (χ0n) is 33.4. The van der Waals surface area contributed by atoms with Crippen molar-refractivity contribution in [2.75, 3.05) is 41.2 Å². The lowest BCUT2D eigenvalue weighted by atomic mass is 9.99. The van der Waals surface area contributed by atoms with Gasteiger partial charge < -0.3 is 83.5 Å². The van der Waals surface area contributed by atoms with Gasteiger partial charge in [0.2, 0.25) is 5.79 Å². The molecule has 2 aliphatic rings. The molecule has 20 nitrogen and oxygen atoms in total. The normalized spacial score (nSPS) is 26.1. The van der Waals surface area contributed by atoms with Crippen LogP contribution < -0.4 is 14.2 Å². The van der Waals surface area contributed by atoms with E-state index < -0.39 is 92.5 Å². The van der Waals surface area contributed by atoms with Crippen molar-refractivity contribution in [1.82, 2.24) is 0 Å². The number of aromatic hydroxyl groups is 3. The van der Waals surface area contributed by atoms with Gasteiger partial charge in [0.15, 0.2) is 46.9 Å². The Hall–Kier alpha value is -6.23. The summed E-state index contributed by atoms with van der Waals surface area (Å²) in [4.78, 5) is 39.5. The molecule has 8 N–H and O–H groups in total. The Morgan fingerprint density at radius 1 is 0.629 bits per heavy atom. The molecule has 0 bridgehead atoms. The van der Waals surface area contributed by atoms with Crippen molar-refractivity contribution in [2.45, 2.75) is 54.8 Å². The number of aliphatic hydroxyl groups is 5. The fraction of sp³-hybridized carbons (Fsp3) is 0.357. The van der Waals surface area contributed by atoms with E-state index in [1.54, 1.807) is 0 Å². The van der Waals surface area contributed by atoms with Crippen LogP contribution in [-0.4, -0.2) is 155 Å². The van der Waals surface area contributed by atoms with Gasteiger partial charge in [0, 0.05) is 18.2 Å². The summed E-state index contributed by atoms with van der Waals surface area (Å²) in [6.45, 7) is -2.68. The van der Waals surface area contributed by atoms with Crippen LogP contribution in [0, 0.1) is 0 Å². The van der Waals surface area contributed by atoms with Crippen molar-refractivity contribution < 1.29 is 97.9 Å². The lowest BCUT2D eigenvalue weighted by Gasteiger charge is -2.43. The Labute approximate surface area is 353 Å². The first-order chi connectivity index (χ1) is 29.6. The van der Waals surface area contributed by atoms with Crippen LogP contribution in [0.3, 0.4) is 0 Å². The second kappa shape index (κ2) is 21.0. The summed E-state index contributed by atoms with van der Waals surface area (Å²) in [5, 5.41) is 83.2. The Bertz CT molecular complexity index is 2130. The van der Waals surface area contributed by atoms with Crippen molar-refractivity contribution in [3.05, 3.63) is 89.5 Å². The second-order valence-corrected chi connectivity index (χ2v) is 13.7. The van der Waals surface area contributed by atoms with E-state index in [1.165, 1.54) is 94.2 Å². The Balaban J connectivity index is 1.46. The third-order valence-corrected chi connectivity index (χ3v) is 9.54. The molecule has 0 aromatic heterocycles. The zero-order valence-corrected chi connectivity index (χ0v) is 33.4. The Morgan fingerprint density at radius 2 is 1.10 bits per heavy atom. The summed E-state index contributed by atoms with van der Waals surface area (Å²) in [6.07, 6.45) is -8.22. The molecule has 0 unspecified atom stereocenters. The van der Waals surface area contributed by atoms with Gasteiger partial charge >= 0.3 is 17.9 Å². The number of hydrogen-bond donors (Lipinski definition) is 8. The largest absolute Gasteiger partial charge is 0.504 e. The number of aliphatic hydroxyl groups excluding tert-OH is 5. The molecule has 0 saturated carbocycles. The lowest BCUT2D eigenvalue weighted by molar-refractivity contribution is -0.383. The fourth-order valence-corrected chi connectivity index (χ4v) is 6.23. The SMILES string of the molecule is COc1cc(C=CC(=O)OC[C@H]2O[C@@](COC(=O)C=Cc3ccc(O)c(OC)c3)(O[C@H]3O[C@H](CO)[C@@H](O)[C@H](O)[C@H]3O)[C@@H](OC(=O)C=Cc3ccc(O)c(OC)c3)[C@@H]2O)ccc1O. The van der Waals surface area contributed by atoms with Crippen LogP contribution in [-0.2, 0) is 42.8 Å². The van der Waals surface area contributed by atoms with E-state index >= 15 is 0 Å². The molecule has 0 aliphatic carbocycles. The highest BCUT2D eigenvalue weighted by molar-refractivity contribution is 5.88. The number of ether oxygens (including phenoxy) is 9. The highest BCUT2D eigenvalue weighted by atomic mass is 16.8. The van der Waals surface area contributed by atoms with Gasteiger partial charge in [0.1, 0.15) is 49.8 Å². The molecule has 2 saturated heterocycles. The zero-order chi connectivity index (χ0) is 45.1. The quantitative estimate of drug-likeness (QED) is 0.0522. The van der Waals surface area contributed by atoms with Gasteiger partial charge in [-0.2, -0.15) is 0 Å². The molecule has 2 aliphatic heterocycles. The maximum absolute atomic E-state index is 13.4. The first kappa shape index (κ1) is 46.8. The maximum atomic E-state index is 13.4. The summed E-state index contributed by atoms with van der Waals surface area (Å²) >= 11 is 0. The second-order valence-electron chi connectivity index (χ2n) is 13.7. The average Bonchev–Trinajstić information content (AvgIpc) is 3.52. The summed E-state index contributed by atoms with van der Waals surface area (Å²) in [6, 6.07) is 12.6. The number of esters is 3. The molecule has 0 spiro atoms. The van der Waals surface area contributed by atoms with Crippen LogP contribution in [0.2, 0.25) is 0 Å². The van der Waals surface area contributed by atoms with E-state index in [9.17, 15) is 55.2 Å². The van der Waals surface area contributed by atoms with E-state index in [1.807, 2.05) is 0 Å². The smallest absolute Gasteiger partial charge is 0.331 e. The standard InChI is InChI=1S/C42H46O20/c1-54-28-16-22(4-10-25(28)44)7-13-33(47)57-20-32-37(51)40(60-35(49)15-9-24-6-12-27(46)30(18-24)56-3)42(61-32,62-41-39(53)38(52)36(50)31(19-43)59-41)21-58-34(48)14-8-23-5-11-26(45)29(17-23)55-2/h4-18,31-32,36-41,43-46,50-53H,19-21H2,1-3H3/t31-,32-,36-,37-,38+,39-,40+,41-,42+/m1/s1. The Morgan fingerprint density at radius 3 is 1.56 bits per heavy atom. The third-order valence-electron chi connectivity index (χ3n) is 9.54. The topological polar surface area (TPSA) is 296 Å². The van der Waals surface area contributed by atoms with E-state index in [0.717, 1.165) is 18.2 Å². The highest BCUT2D eigenvalue weighted by Gasteiger charge is 2.62. The monoisotopic (exact) mass is 870 g/mol. The summed E-state index contributed by atoms with van der Waals surface area (Å²) in [7, 11) is 3.98. The molecular formula is C42H46O20. The van der Waals surface area contributed by atoms with Gasteiger partial charge in [-0.1, -0.05) is 18.2 Å². The van der Waals surface area contributed by atoms with Crippen LogP contribution in [0.4, 0.5) is 0 Å². The van der Waals surface area contributed by atoms with Crippen molar-refractivity contribution in [1.29, 1.82) is 0 Å². The van der Waals surface area contributed by atoms with Crippen LogP contribution in [0.15, 0.2) is 72.8 Å². The summed E-state index contributed by atoms with van der Waals surface area (Å²) in [5.74, 6) is -5.98. The van der Waals surface area contributed by atoms with Crippen LogP contribution in [0.25, 0.3) is 18.2 Å². The van der Waals surface area contributed by atoms with Gasteiger partial charge in [0.25, 0.3) is 0 Å². The van der Waals surface area contributed by atoms with Crippen LogP contribution in [0.1, 0.15) is 16.7 Å². The van der Waals surface area contributed by atoms with Gasteiger partial charge in [-0.15, -0.1) is 0 Å². The molecule has 20 heteroatoms. The minimum Gasteiger partial charge on any atom is -0.504 e. The minimum absolute atomic E-state index is 0.0857. The Kier molecular flexibility index (Phi) is 15.9. The molecule has 5 rings (SSSR count). The minimum atomic E-state index is -2.65. The molecular weight excluding hydrogens is 824 g/mol. The number of hydrogen-bond acceptors (Lipinski definition) is 20. The lowest BCUT2D eigenvalue weighted by Crippen LogP contribution is -2.63. The predicted octanol–water partition coefficient (Wildman–Crippen LogP) is 0.540. The van der Waals surface area contributed by atoms with Crippen LogP contribution >= 0.6 is 0 Å². The van der Waals surface area contributed by atoms with Crippen LogP contribution in [0.5, 0.6) is 34.5 Å². The molecule has 3 aromatic rings. The molecule has 9 atom stereocenters. The van der Waals surface area contributed by atoms with Gasteiger partial charge in [-0.25, -0.2) is 14.4 Å². The predicted molar refractivity (Wildman–Crippen MR) is 211 cm³/mol. The molecule has 334 valence electrons. The van der Waals surface area contributed by atoms with E-state index in [4.69, 9.17) is 42.6 Å². The van der Waals surface area contributed by atoms with Gasteiger partial charge in [-0.3, -0.25) is 0 Å². The number of carbonyl (C=O) groups excluding carboxylic acids is 3. The molecule has 62 heavy (non-hydrogen) atoms. The number of methoxy groups -OCH3 is 3. The van der Waals surface area contributed by atoms with E-state index in [0.29, 0.717) is 16.7 Å². The first-order valence-corrected chi connectivity index (χ1v) is 18.7. The van der Waals surface area contributed by atoms with Crippen molar-refractivity contribution in [3.8, 4) is 34.5 Å². The molecule has 2 fully saturated rings. The maximum Gasteiger partial charge on any atom is 0.331 e. The number of phenols is 3. The van der Waals surface area contributed by atoms with Crippen molar-refractivity contribution >= 4 is 36.1 Å². The number of rotatable bonds is 17. The van der Waals surface area contributed by atoms with Gasteiger partial charge in [-0.05, 0) is 71.3 Å².